The average Bonchev–Trinajstić information content (AvgIpc) is 2.38. The summed E-state index contributed by atoms with van der Waals surface area (Å²) in [5.74, 6) is -0.493. The Bertz CT molecular complexity index is 526. The number of hydrogen-bond acceptors (Lipinski definition) is 7. The van der Waals surface area contributed by atoms with Gasteiger partial charge in [0.15, 0.2) is 5.90 Å². The maximum atomic E-state index is 10.6. The van der Waals surface area contributed by atoms with Crippen molar-refractivity contribution in [1.82, 2.24) is 0 Å². The topological polar surface area (TPSA) is 115 Å². The van der Waals surface area contributed by atoms with Crippen molar-refractivity contribution in [1.29, 1.82) is 5.41 Å². The van der Waals surface area contributed by atoms with Crippen LogP contribution in [0, 0.1) is 15.5 Å². The molecule has 8 nitrogen and oxygen atoms in total. The highest BCUT2D eigenvalue weighted by Crippen LogP contribution is 2.37. The van der Waals surface area contributed by atoms with Gasteiger partial charge in [-0.15, -0.1) is 0 Å². The standard InChI is InChI=1S/C6H4N2O2.C6H11NO3/c9-8(10)6-2-1-4-3-5(6)7-4;1-3-10-6(8)4-5(7)9-2/h1-3,7H;7H,3-4H2,1-2H3. The van der Waals surface area contributed by atoms with E-state index >= 15 is 0 Å². The highest BCUT2D eigenvalue weighted by molar-refractivity contribution is 5.92. The number of methoxy groups -OCH3 is 1. The molecule has 0 unspecified atom stereocenters. The maximum Gasteiger partial charge on any atom is 0.315 e. The van der Waals surface area contributed by atoms with Crippen LogP contribution in [-0.2, 0) is 14.3 Å². The van der Waals surface area contributed by atoms with Crippen LogP contribution in [0.5, 0.6) is 0 Å². The van der Waals surface area contributed by atoms with Gasteiger partial charge in [0.1, 0.15) is 12.1 Å². The van der Waals surface area contributed by atoms with Crippen molar-refractivity contribution in [3.05, 3.63) is 28.3 Å². The van der Waals surface area contributed by atoms with Crippen molar-refractivity contribution in [3.8, 4) is 0 Å². The Kier molecular flexibility index (Phi) is 5.45. The zero-order valence-corrected chi connectivity index (χ0v) is 11.1. The molecule has 0 fully saturated rings. The van der Waals surface area contributed by atoms with Crippen molar-refractivity contribution < 1.29 is 19.2 Å². The Labute approximate surface area is 115 Å². The second kappa shape index (κ2) is 7.07. The van der Waals surface area contributed by atoms with Crippen LogP contribution in [0.4, 0.5) is 17.1 Å². The van der Waals surface area contributed by atoms with Crippen molar-refractivity contribution in [2.24, 2.45) is 0 Å². The van der Waals surface area contributed by atoms with Crippen molar-refractivity contribution in [3.63, 3.8) is 0 Å². The van der Waals surface area contributed by atoms with Crippen LogP contribution in [0.3, 0.4) is 0 Å². The number of nitro groups is 1. The SMILES string of the molecule is CCOC(=O)CC(=N)OC.O=[N+]([O-])c1ccc2cc1N2. The van der Waals surface area contributed by atoms with Crippen LogP contribution in [0.15, 0.2) is 18.2 Å². The molecule has 0 aromatic heterocycles. The van der Waals surface area contributed by atoms with E-state index in [1.807, 2.05) is 0 Å². The number of esters is 1. The van der Waals surface area contributed by atoms with E-state index in [9.17, 15) is 14.9 Å². The number of nitrogens with one attached hydrogen (secondary N) is 2. The van der Waals surface area contributed by atoms with Gasteiger partial charge < -0.3 is 14.8 Å². The fourth-order valence-corrected chi connectivity index (χ4v) is 1.37. The van der Waals surface area contributed by atoms with E-state index in [2.05, 4.69) is 14.8 Å². The van der Waals surface area contributed by atoms with Gasteiger partial charge in [0.05, 0.1) is 18.6 Å². The van der Waals surface area contributed by atoms with E-state index in [0.717, 1.165) is 5.69 Å². The first-order valence-corrected chi connectivity index (χ1v) is 5.80. The summed E-state index contributed by atoms with van der Waals surface area (Å²) in [6, 6.07) is 4.93. The van der Waals surface area contributed by atoms with E-state index in [1.54, 1.807) is 19.1 Å². The largest absolute Gasteiger partial charge is 0.484 e. The molecular formula is C12H15N3O5. The van der Waals surface area contributed by atoms with Gasteiger partial charge >= 0.3 is 5.97 Å². The van der Waals surface area contributed by atoms with Gasteiger partial charge in [-0.25, -0.2) is 0 Å². The first-order chi connectivity index (χ1) is 9.47. The molecule has 0 radical (unpaired) electrons. The molecule has 0 aliphatic carbocycles. The molecule has 2 N–H and O–H groups in total. The second-order valence-electron chi connectivity index (χ2n) is 3.72. The summed E-state index contributed by atoms with van der Waals surface area (Å²) in [5, 5.41) is 20.0. The predicted molar refractivity (Wildman–Crippen MR) is 72.4 cm³/mol. The lowest BCUT2D eigenvalue weighted by Gasteiger charge is -2.16. The Morgan fingerprint density at radius 2 is 2.15 bits per heavy atom. The van der Waals surface area contributed by atoms with E-state index in [1.165, 1.54) is 13.2 Å². The van der Waals surface area contributed by atoms with E-state index in [4.69, 9.17) is 5.41 Å². The monoisotopic (exact) mass is 281 g/mol. The van der Waals surface area contributed by atoms with Crippen molar-refractivity contribution in [2.45, 2.75) is 13.3 Å². The fraction of sp³-hybridized carbons (Fsp3) is 0.333. The molecule has 0 amide bonds. The van der Waals surface area contributed by atoms with Crippen molar-refractivity contribution in [2.75, 3.05) is 19.0 Å². The number of nitrogens with zero attached hydrogens (tertiary/aromatic N) is 1. The lowest BCUT2D eigenvalue weighted by molar-refractivity contribution is -0.384. The summed E-state index contributed by atoms with van der Waals surface area (Å²) in [4.78, 5) is 20.4. The number of carbonyl (C=O) groups is 1. The first-order valence-electron chi connectivity index (χ1n) is 5.80. The fourth-order valence-electron chi connectivity index (χ4n) is 1.37. The highest BCUT2D eigenvalue weighted by atomic mass is 16.6. The average molecular weight is 281 g/mol. The summed E-state index contributed by atoms with van der Waals surface area (Å²) in [7, 11) is 1.35. The molecule has 0 saturated carbocycles. The zero-order valence-electron chi connectivity index (χ0n) is 11.1. The van der Waals surface area contributed by atoms with Crippen LogP contribution in [0.2, 0.25) is 0 Å². The quantitative estimate of drug-likeness (QED) is 0.292. The number of carbonyl (C=O) groups excluding carboxylic acids is 1. The lowest BCUT2D eigenvalue weighted by Crippen LogP contribution is -2.11. The maximum absolute atomic E-state index is 10.6. The molecule has 0 spiro atoms. The van der Waals surface area contributed by atoms with Gasteiger partial charge in [0.2, 0.25) is 0 Å². The molecule has 2 heterocycles. The molecular weight excluding hydrogens is 266 g/mol. The summed E-state index contributed by atoms with van der Waals surface area (Å²) in [6.45, 7) is 2.06. The summed E-state index contributed by atoms with van der Waals surface area (Å²) < 4.78 is 9.00. The molecule has 2 aliphatic heterocycles. The lowest BCUT2D eigenvalue weighted by atomic mass is 10.1. The molecule has 108 valence electrons. The highest BCUT2D eigenvalue weighted by Gasteiger charge is 2.20. The van der Waals surface area contributed by atoms with E-state index in [0.29, 0.717) is 12.3 Å². The third-order valence-electron chi connectivity index (χ3n) is 2.33. The van der Waals surface area contributed by atoms with E-state index < -0.39 is 10.9 Å². The normalized spacial score (nSPS) is 10.1. The van der Waals surface area contributed by atoms with Crippen LogP contribution >= 0.6 is 0 Å². The number of fused-ring (bicyclic) bond motifs is 2. The minimum atomic E-state index is -0.422. The molecule has 2 bridgehead atoms. The van der Waals surface area contributed by atoms with Gasteiger partial charge in [-0.3, -0.25) is 20.3 Å². The number of nitro benzene ring substituents is 1. The van der Waals surface area contributed by atoms with Gasteiger partial charge in [0, 0.05) is 11.8 Å². The molecule has 0 atom stereocenters. The number of hydrogen-bond donors (Lipinski definition) is 2. The van der Waals surface area contributed by atoms with E-state index in [-0.39, 0.29) is 18.0 Å². The Morgan fingerprint density at radius 1 is 1.50 bits per heavy atom. The van der Waals surface area contributed by atoms with Gasteiger partial charge in [-0.1, -0.05) is 0 Å². The molecule has 1 aromatic rings. The minimum Gasteiger partial charge on any atom is -0.484 e. The summed E-state index contributed by atoms with van der Waals surface area (Å²) in [6.07, 6.45) is -0.0790. The Hall–Kier alpha value is -2.64. The zero-order chi connectivity index (χ0) is 15.1. The Morgan fingerprint density at radius 3 is 2.50 bits per heavy atom. The van der Waals surface area contributed by atoms with Crippen LogP contribution in [0.1, 0.15) is 13.3 Å². The third-order valence-corrected chi connectivity index (χ3v) is 2.33. The summed E-state index contributed by atoms with van der Waals surface area (Å²) in [5.41, 5.74) is 1.71. The molecule has 1 aromatic carbocycles. The third kappa shape index (κ3) is 4.23. The van der Waals surface area contributed by atoms with Gasteiger partial charge in [-0.2, -0.15) is 0 Å². The minimum absolute atomic E-state index is 0.0709. The molecule has 0 saturated heterocycles. The molecule has 3 rings (SSSR count). The second-order valence-corrected chi connectivity index (χ2v) is 3.72. The van der Waals surface area contributed by atoms with Crippen molar-refractivity contribution >= 4 is 28.9 Å². The molecule has 2 aliphatic rings. The number of anilines is 2. The molecule has 20 heavy (non-hydrogen) atoms. The number of ether oxygens (including phenoxy) is 2. The number of benzene rings is 1. The smallest absolute Gasteiger partial charge is 0.315 e. The summed E-state index contributed by atoms with van der Waals surface area (Å²) >= 11 is 0. The predicted octanol–water partition coefficient (Wildman–Crippen LogP) is 2.22. The van der Waals surface area contributed by atoms with Crippen LogP contribution in [0.25, 0.3) is 0 Å². The first kappa shape index (κ1) is 15.4. The van der Waals surface area contributed by atoms with Gasteiger partial charge in [0.25, 0.3) is 5.69 Å². The Balaban J connectivity index is 0.000000200. The van der Waals surface area contributed by atoms with Crippen LogP contribution in [-0.4, -0.2) is 30.5 Å². The van der Waals surface area contributed by atoms with Gasteiger partial charge in [-0.05, 0) is 19.1 Å². The van der Waals surface area contributed by atoms with Crippen LogP contribution < -0.4 is 5.32 Å². The number of rotatable bonds is 4. The molecule has 8 heteroatoms.